The Hall–Kier alpha value is -2.22. The van der Waals surface area contributed by atoms with Crippen molar-refractivity contribution in [2.24, 2.45) is 0 Å². The number of hydrogen-bond donors (Lipinski definition) is 0. The zero-order valence-electron chi connectivity index (χ0n) is 12.1. The van der Waals surface area contributed by atoms with Crippen molar-refractivity contribution in [1.82, 2.24) is 0 Å². The van der Waals surface area contributed by atoms with Crippen LogP contribution in [0.3, 0.4) is 0 Å². The predicted octanol–water partition coefficient (Wildman–Crippen LogP) is -0.367. The third-order valence-corrected chi connectivity index (χ3v) is 2.93. The topological polar surface area (TPSA) is 113 Å². The second-order valence-electron chi connectivity index (χ2n) is 4.44. The molecular formula is C16H13ClO6. The van der Waals surface area contributed by atoms with E-state index in [0.717, 1.165) is 28.0 Å². The number of fused-ring (bicyclic) bond motifs is 1. The van der Waals surface area contributed by atoms with E-state index in [9.17, 15) is 0 Å². The number of para-hydroxylation sites is 1. The van der Waals surface area contributed by atoms with E-state index in [2.05, 4.69) is 6.07 Å². The van der Waals surface area contributed by atoms with Crippen molar-refractivity contribution in [3.8, 4) is 17.1 Å². The molecular weight excluding hydrogens is 324 g/mol. The fourth-order valence-corrected chi connectivity index (χ4v) is 1.94. The maximum absolute atomic E-state index is 8.49. The highest BCUT2D eigenvalue weighted by molar-refractivity contribution is 5.78. The van der Waals surface area contributed by atoms with E-state index < -0.39 is 10.2 Å². The molecule has 2 aromatic carbocycles. The van der Waals surface area contributed by atoms with Crippen LogP contribution in [0.2, 0.25) is 0 Å². The second-order valence-corrected chi connectivity index (χ2v) is 5.20. The van der Waals surface area contributed by atoms with Gasteiger partial charge in [-0.2, -0.15) is 0 Å². The monoisotopic (exact) mass is 336 g/mol. The van der Waals surface area contributed by atoms with Crippen LogP contribution in [0, 0.1) is 10.2 Å². The van der Waals surface area contributed by atoms with Crippen LogP contribution >= 0.6 is 0 Å². The van der Waals surface area contributed by atoms with E-state index in [1.165, 1.54) is 0 Å². The summed E-state index contributed by atoms with van der Waals surface area (Å²) < 4.78 is 45.0. The molecule has 23 heavy (non-hydrogen) atoms. The Labute approximate surface area is 134 Å². The highest BCUT2D eigenvalue weighted by atomic mass is 35.7. The molecule has 7 heteroatoms. The molecule has 1 heterocycles. The molecule has 0 saturated carbocycles. The molecule has 0 spiro atoms. The molecule has 0 fully saturated rings. The Balaban J connectivity index is 0.000000338. The van der Waals surface area contributed by atoms with Gasteiger partial charge in [-0.3, -0.25) is 0 Å². The largest absolute Gasteiger partial charge is 0.497 e. The van der Waals surface area contributed by atoms with E-state index >= 15 is 0 Å². The van der Waals surface area contributed by atoms with Crippen LogP contribution in [0.25, 0.3) is 22.3 Å². The summed E-state index contributed by atoms with van der Waals surface area (Å²) in [5.74, 6) is 1.70. The first-order valence-corrected chi connectivity index (χ1v) is 7.68. The zero-order chi connectivity index (χ0) is 16.9. The summed E-state index contributed by atoms with van der Waals surface area (Å²) in [6.45, 7) is 0. The lowest BCUT2D eigenvalue weighted by Gasteiger charge is -2.17. The van der Waals surface area contributed by atoms with Gasteiger partial charge in [0.2, 0.25) is 0 Å². The number of methoxy groups -OCH3 is 1. The molecule has 3 aromatic rings. The summed E-state index contributed by atoms with van der Waals surface area (Å²) >= 11 is 0. The van der Waals surface area contributed by atoms with E-state index in [-0.39, 0.29) is 0 Å². The minimum atomic E-state index is -4.94. The summed E-state index contributed by atoms with van der Waals surface area (Å²) in [6.07, 6.45) is 0. The fourth-order valence-electron chi connectivity index (χ4n) is 1.94. The number of benzene rings is 2. The zero-order valence-corrected chi connectivity index (χ0v) is 12.9. The van der Waals surface area contributed by atoms with Gasteiger partial charge in [-0.25, -0.2) is 23.1 Å². The number of rotatable bonds is 2. The van der Waals surface area contributed by atoms with Crippen LogP contribution in [-0.2, 0) is 0 Å². The first kappa shape index (κ1) is 17.1. The molecule has 1 aromatic heterocycles. The minimum Gasteiger partial charge on any atom is -0.497 e. The lowest BCUT2D eigenvalue weighted by molar-refractivity contribution is -2.00. The van der Waals surface area contributed by atoms with Crippen molar-refractivity contribution in [2.75, 3.05) is 7.11 Å². The molecule has 0 N–H and O–H groups in total. The molecule has 0 amide bonds. The highest BCUT2D eigenvalue weighted by Crippen LogP contribution is 2.25. The molecule has 0 aliphatic carbocycles. The highest BCUT2D eigenvalue weighted by Gasteiger charge is 2.13. The number of ether oxygens (including phenoxy) is 1. The second kappa shape index (κ2) is 7.36. The maximum Gasteiger partial charge on any atom is 0.360 e. The molecule has 0 aliphatic heterocycles. The fraction of sp³-hybridized carbons (Fsp3) is 0.0625. The Morgan fingerprint density at radius 2 is 1.43 bits per heavy atom. The normalized spacial score (nSPS) is 10.8. The lowest BCUT2D eigenvalue weighted by atomic mass is 10.1. The van der Waals surface area contributed by atoms with Crippen molar-refractivity contribution >= 4 is 11.0 Å². The molecule has 0 unspecified atom stereocenters. The van der Waals surface area contributed by atoms with Gasteiger partial charge < -0.3 is 4.74 Å². The van der Waals surface area contributed by atoms with Crippen LogP contribution in [0.5, 0.6) is 5.75 Å². The van der Waals surface area contributed by atoms with Gasteiger partial charge in [-0.05, 0) is 36.4 Å². The van der Waals surface area contributed by atoms with E-state index in [4.69, 9.17) is 27.8 Å². The van der Waals surface area contributed by atoms with Gasteiger partial charge in [-0.1, -0.05) is 12.1 Å². The molecule has 0 aliphatic rings. The van der Waals surface area contributed by atoms with Gasteiger partial charge >= 0.3 is 11.3 Å². The van der Waals surface area contributed by atoms with Crippen LogP contribution in [0.1, 0.15) is 0 Å². The first-order valence-electron chi connectivity index (χ1n) is 6.45. The van der Waals surface area contributed by atoms with Crippen LogP contribution in [-0.4, -0.2) is 7.11 Å². The van der Waals surface area contributed by atoms with Crippen molar-refractivity contribution in [2.45, 2.75) is 0 Å². The summed E-state index contributed by atoms with van der Waals surface area (Å²) in [5.41, 5.74) is 1.94. The Morgan fingerprint density at radius 1 is 0.826 bits per heavy atom. The van der Waals surface area contributed by atoms with Crippen molar-refractivity contribution in [1.29, 1.82) is 0 Å². The molecule has 3 rings (SSSR count). The quantitative estimate of drug-likeness (QED) is 0.590. The molecule has 6 nitrogen and oxygen atoms in total. The van der Waals surface area contributed by atoms with E-state index in [0.29, 0.717) is 0 Å². The third kappa shape index (κ3) is 5.48. The van der Waals surface area contributed by atoms with Crippen molar-refractivity contribution in [3.05, 3.63) is 60.7 Å². The first-order chi connectivity index (χ1) is 10.9. The lowest BCUT2D eigenvalue weighted by Crippen LogP contribution is -2.68. The SMILES string of the molecule is COc1ccc(-c2ccc3ccccc3[o+]2)cc1.[O-][Cl+3]([O-])([O-])[O-]. The third-order valence-electron chi connectivity index (χ3n) is 2.93. The summed E-state index contributed by atoms with van der Waals surface area (Å²) in [7, 11) is -3.28. The van der Waals surface area contributed by atoms with Gasteiger partial charge in [0.05, 0.1) is 18.1 Å². The van der Waals surface area contributed by atoms with E-state index in [1.54, 1.807) is 7.11 Å². The summed E-state index contributed by atoms with van der Waals surface area (Å²) in [5, 5.41) is 1.11. The van der Waals surface area contributed by atoms with Crippen molar-refractivity contribution in [3.63, 3.8) is 0 Å². The van der Waals surface area contributed by atoms with Gasteiger partial charge in [0.15, 0.2) is 0 Å². The predicted molar refractivity (Wildman–Crippen MR) is 72.6 cm³/mol. The Kier molecular flexibility index (Phi) is 5.49. The number of hydrogen-bond acceptors (Lipinski definition) is 5. The molecule has 0 saturated heterocycles. The Bertz CT molecular complexity index is 761. The van der Waals surface area contributed by atoms with Gasteiger partial charge in [0, 0.05) is 12.1 Å². The average molecular weight is 337 g/mol. The minimum absolute atomic E-state index is 0.847. The summed E-state index contributed by atoms with van der Waals surface area (Å²) in [4.78, 5) is 0. The van der Waals surface area contributed by atoms with Crippen LogP contribution in [0.4, 0.5) is 0 Å². The van der Waals surface area contributed by atoms with Gasteiger partial charge in [0.25, 0.3) is 0 Å². The van der Waals surface area contributed by atoms with Gasteiger partial charge in [0.1, 0.15) is 5.75 Å². The maximum atomic E-state index is 8.49. The average Bonchev–Trinajstić information content (AvgIpc) is 2.53. The molecule has 0 radical (unpaired) electrons. The standard InChI is InChI=1S/C16H13O2.ClHO4/c1-17-14-9-6-13(7-10-14)16-11-8-12-4-2-3-5-15(12)18-16;2-1(3,4)5/h2-11H,1H3;(H,2,3,4,5)/q+1;/p-1. The van der Waals surface area contributed by atoms with E-state index in [1.807, 2.05) is 54.6 Å². The van der Waals surface area contributed by atoms with Crippen molar-refractivity contribution < 1.29 is 38.0 Å². The molecule has 120 valence electrons. The smallest absolute Gasteiger partial charge is 0.360 e. The molecule has 0 atom stereocenters. The number of halogens is 1. The van der Waals surface area contributed by atoms with Crippen LogP contribution in [0.15, 0.2) is 65.1 Å². The molecule has 0 bridgehead atoms. The van der Waals surface area contributed by atoms with Gasteiger partial charge in [-0.15, -0.1) is 10.2 Å². The Morgan fingerprint density at radius 3 is 2.04 bits per heavy atom. The summed E-state index contributed by atoms with van der Waals surface area (Å²) in [6, 6.07) is 19.9. The van der Waals surface area contributed by atoms with Crippen LogP contribution < -0.4 is 23.4 Å².